The van der Waals surface area contributed by atoms with Gasteiger partial charge in [-0.05, 0) is 26.5 Å². The van der Waals surface area contributed by atoms with Gasteiger partial charge in [-0.3, -0.25) is 0 Å². The van der Waals surface area contributed by atoms with Crippen molar-refractivity contribution in [2.45, 2.75) is 37.5 Å². The number of thioether (sulfide) groups is 1. The number of aryl methyl sites for hydroxylation is 1. The first-order valence-electron chi connectivity index (χ1n) is 8.26. The van der Waals surface area contributed by atoms with E-state index in [0.29, 0.717) is 23.6 Å². The molecule has 5 rings (SSSR count). The van der Waals surface area contributed by atoms with Gasteiger partial charge < -0.3 is 9.80 Å². The second kappa shape index (κ2) is 6.15. The molecule has 0 spiro atoms. The topological polar surface area (TPSA) is 81.8 Å². The van der Waals surface area contributed by atoms with E-state index in [1.807, 2.05) is 13.2 Å². The summed E-state index contributed by atoms with van der Waals surface area (Å²) in [5.74, 6) is 1.75. The van der Waals surface area contributed by atoms with Gasteiger partial charge in [0.25, 0.3) is 0 Å². The van der Waals surface area contributed by atoms with Crippen LogP contribution < -0.4 is 9.80 Å². The molecule has 0 aromatic carbocycles. The lowest BCUT2D eigenvalue weighted by Gasteiger charge is -2.57. The highest BCUT2D eigenvalue weighted by Crippen LogP contribution is 2.39. The number of hydrogen-bond acceptors (Lipinski definition) is 8. The van der Waals surface area contributed by atoms with Crippen LogP contribution in [0.15, 0.2) is 17.6 Å². The molecule has 2 unspecified atom stereocenters. The molecule has 128 valence electrons. The van der Waals surface area contributed by atoms with Crippen LogP contribution in [-0.4, -0.2) is 51.4 Å². The standard InChI is InChI=1S/C17H19N7S/c1-10-11(2)21-17(25-3)22-15(10)23-8-12-6-13(9-23)24(12)16-14(7-18)19-4-5-20-16/h4-5,12-13H,6,8-9H2,1-3H3. The van der Waals surface area contributed by atoms with Gasteiger partial charge in [0, 0.05) is 36.7 Å². The van der Waals surface area contributed by atoms with Crippen LogP contribution in [0.5, 0.6) is 0 Å². The Hall–Kier alpha value is -2.40. The predicted molar refractivity (Wildman–Crippen MR) is 96.9 cm³/mol. The summed E-state index contributed by atoms with van der Waals surface area (Å²) in [6, 6.07) is 2.84. The molecule has 0 N–H and O–H groups in total. The summed E-state index contributed by atoms with van der Waals surface area (Å²) >= 11 is 1.57. The van der Waals surface area contributed by atoms with E-state index in [4.69, 9.17) is 4.98 Å². The smallest absolute Gasteiger partial charge is 0.189 e. The third-order valence-electron chi connectivity index (χ3n) is 5.05. The van der Waals surface area contributed by atoms with Gasteiger partial charge in [0.1, 0.15) is 11.9 Å². The maximum absolute atomic E-state index is 9.30. The molecule has 0 amide bonds. The lowest BCUT2D eigenvalue weighted by atomic mass is 9.87. The summed E-state index contributed by atoms with van der Waals surface area (Å²) in [6.45, 7) is 5.88. The molecule has 5 heterocycles. The van der Waals surface area contributed by atoms with E-state index in [9.17, 15) is 5.26 Å². The zero-order valence-electron chi connectivity index (χ0n) is 14.5. The molecular formula is C17H19N7S. The fraction of sp³-hybridized carbons (Fsp3) is 0.471. The minimum atomic E-state index is 0.343. The summed E-state index contributed by atoms with van der Waals surface area (Å²) in [4.78, 5) is 22.4. The minimum Gasteiger partial charge on any atom is -0.352 e. The highest BCUT2D eigenvalue weighted by molar-refractivity contribution is 7.98. The summed E-state index contributed by atoms with van der Waals surface area (Å²) in [6.07, 6.45) is 6.35. The molecule has 2 atom stereocenters. The molecule has 0 saturated carbocycles. The maximum atomic E-state index is 9.30. The van der Waals surface area contributed by atoms with Gasteiger partial charge >= 0.3 is 0 Å². The second-order valence-corrected chi connectivity index (χ2v) is 7.21. The summed E-state index contributed by atoms with van der Waals surface area (Å²) in [7, 11) is 0. The molecule has 25 heavy (non-hydrogen) atoms. The van der Waals surface area contributed by atoms with E-state index in [2.05, 4.69) is 37.7 Å². The van der Waals surface area contributed by atoms with Gasteiger partial charge in [0.05, 0.1) is 12.1 Å². The van der Waals surface area contributed by atoms with Crippen molar-refractivity contribution in [1.82, 2.24) is 19.9 Å². The first kappa shape index (κ1) is 16.1. The summed E-state index contributed by atoms with van der Waals surface area (Å²) in [5, 5.41) is 10.1. The SMILES string of the molecule is CSc1nc(C)c(C)c(N2CC3CC(C2)N3c2nccnc2C#N)n1. The van der Waals surface area contributed by atoms with E-state index in [1.54, 1.807) is 24.2 Å². The van der Waals surface area contributed by atoms with Crippen molar-refractivity contribution >= 4 is 23.4 Å². The first-order valence-corrected chi connectivity index (χ1v) is 9.48. The number of piperidine rings is 1. The van der Waals surface area contributed by atoms with Crippen LogP contribution in [0.3, 0.4) is 0 Å². The van der Waals surface area contributed by atoms with E-state index < -0.39 is 0 Å². The monoisotopic (exact) mass is 353 g/mol. The summed E-state index contributed by atoms with van der Waals surface area (Å²) < 4.78 is 0. The van der Waals surface area contributed by atoms with Crippen molar-refractivity contribution in [3.63, 3.8) is 0 Å². The van der Waals surface area contributed by atoms with Crippen LogP contribution in [0.4, 0.5) is 11.6 Å². The Kier molecular flexibility index (Phi) is 3.96. The molecule has 3 aliphatic rings. The molecule has 7 nitrogen and oxygen atoms in total. The molecule has 2 aromatic heterocycles. The number of nitriles is 1. The van der Waals surface area contributed by atoms with Crippen molar-refractivity contribution in [1.29, 1.82) is 5.26 Å². The molecular weight excluding hydrogens is 334 g/mol. The Morgan fingerprint density at radius 1 is 1.12 bits per heavy atom. The van der Waals surface area contributed by atoms with E-state index in [1.165, 1.54) is 0 Å². The van der Waals surface area contributed by atoms with E-state index in [0.717, 1.165) is 41.7 Å². The highest BCUT2D eigenvalue weighted by atomic mass is 32.2. The molecule has 0 radical (unpaired) electrons. The van der Waals surface area contributed by atoms with Crippen molar-refractivity contribution in [2.24, 2.45) is 0 Å². The molecule has 8 heteroatoms. The number of nitrogens with zero attached hydrogens (tertiary/aromatic N) is 7. The molecule has 2 aromatic rings. The van der Waals surface area contributed by atoms with Crippen molar-refractivity contribution in [2.75, 3.05) is 29.1 Å². The van der Waals surface area contributed by atoms with Gasteiger partial charge in [0.15, 0.2) is 16.7 Å². The van der Waals surface area contributed by atoms with Crippen LogP contribution in [0.2, 0.25) is 0 Å². The summed E-state index contributed by atoms with van der Waals surface area (Å²) in [5.41, 5.74) is 2.58. The Labute approximate surface area is 151 Å². The second-order valence-electron chi connectivity index (χ2n) is 6.44. The number of hydrogen-bond donors (Lipinski definition) is 0. The number of rotatable bonds is 3. The van der Waals surface area contributed by atoms with Crippen LogP contribution in [0.1, 0.15) is 23.4 Å². The van der Waals surface area contributed by atoms with Gasteiger partial charge in [-0.15, -0.1) is 0 Å². The average Bonchev–Trinajstić information content (AvgIpc) is 2.64. The van der Waals surface area contributed by atoms with Crippen LogP contribution in [-0.2, 0) is 0 Å². The molecule has 3 saturated heterocycles. The number of fused-ring (bicyclic) bond motifs is 2. The quantitative estimate of drug-likeness (QED) is 0.612. The largest absolute Gasteiger partial charge is 0.352 e. The number of piperazine rings is 1. The Morgan fingerprint density at radius 3 is 2.52 bits per heavy atom. The lowest BCUT2D eigenvalue weighted by molar-refractivity contribution is 0.287. The van der Waals surface area contributed by atoms with Crippen molar-refractivity contribution < 1.29 is 0 Å². The minimum absolute atomic E-state index is 0.343. The van der Waals surface area contributed by atoms with Crippen LogP contribution in [0.25, 0.3) is 0 Å². The van der Waals surface area contributed by atoms with Crippen LogP contribution in [0, 0.1) is 25.2 Å². The molecule has 3 fully saturated rings. The Bertz CT molecular complexity index is 851. The first-order chi connectivity index (χ1) is 12.1. The molecule has 2 bridgehead atoms. The molecule has 3 aliphatic heterocycles. The normalized spacial score (nSPS) is 21.7. The Morgan fingerprint density at radius 2 is 1.84 bits per heavy atom. The lowest BCUT2D eigenvalue weighted by Crippen LogP contribution is -2.69. The third kappa shape index (κ3) is 2.59. The predicted octanol–water partition coefficient (Wildman–Crippen LogP) is 1.94. The van der Waals surface area contributed by atoms with E-state index >= 15 is 0 Å². The van der Waals surface area contributed by atoms with Gasteiger partial charge in [-0.2, -0.15) is 5.26 Å². The molecule has 0 aliphatic carbocycles. The van der Waals surface area contributed by atoms with Gasteiger partial charge in [0.2, 0.25) is 0 Å². The fourth-order valence-electron chi connectivity index (χ4n) is 3.71. The van der Waals surface area contributed by atoms with E-state index in [-0.39, 0.29) is 0 Å². The van der Waals surface area contributed by atoms with Gasteiger partial charge in [-0.25, -0.2) is 19.9 Å². The van der Waals surface area contributed by atoms with Gasteiger partial charge in [-0.1, -0.05) is 11.8 Å². The Balaban J connectivity index is 1.60. The van der Waals surface area contributed by atoms with Crippen molar-refractivity contribution in [3.05, 3.63) is 29.3 Å². The third-order valence-corrected chi connectivity index (χ3v) is 5.60. The van der Waals surface area contributed by atoms with Crippen LogP contribution >= 0.6 is 11.8 Å². The maximum Gasteiger partial charge on any atom is 0.189 e. The zero-order chi connectivity index (χ0) is 17.6. The zero-order valence-corrected chi connectivity index (χ0v) is 15.3. The number of aromatic nitrogens is 4. The highest BCUT2D eigenvalue weighted by Gasteiger charge is 2.47. The average molecular weight is 353 g/mol. The number of anilines is 2. The van der Waals surface area contributed by atoms with Crippen molar-refractivity contribution in [3.8, 4) is 6.07 Å². The fourth-order valence-corrected chi connectivity index (χ4v) is 4.12.